The first-order chi connectivity index (χ1) is 7.43. The molecule has 5 nitrogen and oxygen atoms in total. The summed E-state index contributed by atoms with van der Waals surface area (Å²) in [6.07, 6.45) is 3.40. The molecule has 94 valence electrons. The van der Waals surface area contributed by atoms with Gasteiger partial charge in [0.25, 0.3) is 0 Å². The van der Waals surface area contributed by atoms with Crippen LogP contribution in [0, 0.1) is 5.92 Å². The standard InChI is InChI=1S/C11H21NO4/c1-8(7-11(15)16)9(12)5-3-2-4-6-10(13)14/h8-9H,2-7,12H2,1H3,(H,13,14)(H,15,16). The normalized spacial score (nSPS) is 14.4. The summed E-state index contributed by atoms with van der Waals surface area (Å²) < 4.78 is 0. The van der Waals surface area contributed by atoms with Crippen molar-refractivity contribution in [2.24, 2.45) is 11.7 Å². The first-order valence-corrected chi connectivity index (χ1v) is 5.62. The summed E-state index contributed by atoms with van der Waals surface area (Å²) >= 11 is 0. The first-order valence-electron chi connectivity index (χ1n) is 5.62. The number of carboxylic acids is 2. The van der Waals surface area contributed by atoms with Gasteiger partial charge in [0.1, 0.15) is 0 Å². The highest BCUT2D eigenvalue weighted by Gasteiger charge is 2.15. The van der Waals surface area contributed by atoms with Crippen molar-refractivity contribution in [1.29, 1.82) is 0 Å². The van der Waals surface area contributed by atoms with Crippen LogP contribution in [0.3, 0.4) is 0 Å². The fourth-order valence-corrected chi connectivity index (χ4v) is 1.54. The van der Waals surface area contributed by atoms with Gasteiger partial charge < -0.3 is 15.9 Å². The molecule has 16 heavy (non-hydrogen) atoms. The molecule has 4 N–H and O–H groups in total. The highest BCUT2D eigenvalue weighted by atomic mass is 16.4. The van der Waals surface area contributed by atoms with Crippen LogP contribution >= 0.6 is 0 Å². The van der Waals surface area contributed by atoms with Gasteiger partial charge in [0, 0.05) is 18.9 Å². The quantitative estimate of drug-likeness (QED) is 0.521. The molecular formula is C11H21NO4. The Kier molecular flexibility index (Phi) is 7.54. The van der Waals surface area contributed by atoms with E-state index in [-0.39, 0.29) is 24.8 Å². The third-order valence-electron chi connectivity index (χ3n) is 2.66. The van der Waals surface area contributed by atoms with Gasteiger partial charge in [0.05, 0.1) is 0 Å². The minimum absolute atomic E-state index is 0.0306. The number of nitrogens with two attached hydrogens (primary N) is 1. The van der Waals surface area contributed by atoms with Gasteiger partial charge in [-0.1, -0.05) is 19.8 Å². The van der Waals surface area contributed by atoms with Gasteiger partial charge in [-0.25, -0.2) is 0 Å². The lowest BCUT2D eigenvalue weighted by Gasteiger charge is -2.17. The molecule has 0 aliphatic rings. The molecule has 0 radical (unpaired) electrons. The van der Waals surface area contributed by atoms with Crippen molar-refractivity contribution in [3.8, 4) is 0 Å². The summed E-state index contributed by atoms with van der Waals surface area (Å²) in [6.45, 7) is 1.83. The maximum atomic E-state index is 10.4. The van der Waals surface area contributed by atoms with E-state index in [4.69, 9.17) is 15.9 Å². The molecule has 0 bridgehead atoms. The van der Waals surface area contributed by atoms with Crippen molar-refractivity contribution in [3.63, 3.8) is 0 Å². The van der Waals surface area contributed by atoms with Crippen LogP contribution in [-0.2, 0) is 9.59 Å². The molecule has 5 heteroatoms. The zero-order valence-electron chi connectivity index (χ0n) is 9.69. The maximum Gasteiger partial charge on any atom is 0.303 e. The number of carbonyl (C=O) groups is 2. The molecule has 2 unspecified atom stereocenters. The Bertz CT molecular complexity index is 230. The van der Waals surface area contributed by atoms with Gasteiger partial charge >= 0.3 is 11.9 Å². The van der Waals surface area contributed by atoms with Crippen molar-refractivity contribution < 1.29 is 19.8 Å². The molecule has 0 aromatic heterocycles. The van der Waals surface area contributed by atoms with Crippen LogP contribution in [0.25, 0.3) is 0 Å². The van der Waals surface area contributed by atoms with Gasteiger partial charge in [0.2, 0.25) is 0 Å². The lowest BCUT2D eigenvalue weighted by atomic mass is 9.94. The summed E-state index contributed by atoms with van der Waals surface area (Å²) in [5, 5.41) is 17.0. The van der Waals surface area contributed by atoms with E-state index >= 15 is 0 Å². The third kappa shape index (κ3) is 8.23. The molecule has 0 aliphatic carbocycles. The lowest BCUT2D eigenvalue weighted by Crippen LogP contribution is -2.29. The predicted octanol–water partition coefficient (Wildman–Crippen LogP) is 1.46. The number of aliphatic carboxylic acids is 2. The van der Waals surface area contributed by atoms with E-state index < -0.39 is 11.9 Å². The molecule has 0 aromatic carbocycles. The molecule has 0 heterocycles. The highest BCUT2D eigenvalue weighted by molar-refractivity contribution is 5.67. The van der Waals surface area contributed by atoms with E-state index in [0.29, 0.717) is 6.42 Å². The Morgan fingerprint density at radius 3 is 2.25 bits per heavy atom. The van der Waals surface area contributed by atoms with Crippen LogP contribution in [-0.4, -0.2) is 28.2 Å². The molecule has 0 aromatic rings. The van der Waals surface area contributed by atoms with Crippen LogP contribution in [0.15, 0.2) is 0 Å². The Morgan fingerprint density at radius 1 is 1.12 bits per heavy atom. The van der Waals surface area contributed by atoms with Crippen LogP contribution in [0.2, 0.25) is 0 Å². The minimum atomic E-state index is -0.825. The first kappa shape index (κ1) is 14.9. The second-order valence-corrected chi connectivity index (χ2v) is 4.23. The summed E-state index contributed by atoms with van der Waals surface area (Å²) in [6, 6.07) is -0.110. The van der Waals surface area contributed by atoms with Gasteiger partial charge in [0.15, 0.2) is 0 Å². The fourth-order valence-electron chi connectivity index (χ4n) is 1.54. The number of unbranched alkanes of at least 4 members (excludes halogenated alkanes) is 2. The average Bonchev–Trinajstić information content (AvgIpc) is 2.15. The maximum absolute atomic E-state index is 10.4. The highest BCUT2D eigenvalue weighted by Crippen LogP contribution is 2.13. The van der Waals surface area contributed by atoms with Crippen molar-refractivity contribution in [1.82, 2.24) is 0 Å². The summed E-state index contributed by atoms with van der Waals surface area (Å²) in [5.41, 5.74) is 5.83. The van der Waals surface area contributed by atoms with E-state index in [9.17, 15) is 9.59 Å². The van der Waals surface area contributed by atoms with E-state index in [1.54, 1.807) is 0 Å². The Labute approximate surface area is 95.6 Å². The van der Waals surface area contributed by atoms with Crippen molar-refractivity contribution in [2.75, 3.05) is 0 Å². The van der Waals surface area contributed by atoms with Gasteiger partial charge in [-0.05, 0) is 18.8 Å². The Hall–Kier alpha value is -1.10. The molecule has 0 rings (SSSR count). The number of hydrogen-bond donors (Lipinski definition) is 3. The van der Waals surface area contributed by atoms with Crippen LogP contribution in [0.4, 0.5) is 0 Å². The zero-order valence-corrected chi connectivity index (χ0v) is 9.69. The summed E-state index contributed by atoms with van der Waals surface area (Å²) in [7, 11) is 0. The molecule has 2 atom stereocenters. The zero-order chi connectivity index (χ0) is 12.6. The molecule has 0 aliphatic heterocycles. The number of hydrogen-bond acceptors (Lipinski definition) is 3. The van der Waals surface area contributed by atoms with Crippen molar-refractivity contribution >= 4 is 11.9 Å². The molecule has 0 fully saturated rings. The molecule has 0 spiro atoms. The average molecular weight is 231 g/mol. The summed E-state index contributed by atoms with van der Waals surface area (Å²) in [4.78, 5) is 20.7. The van der Waals surface area contributed by atoms with Gasteiger partial charge in [-0.3, -0.25) is 9.59 Å². The third-order valence-corrected chi connectivity index (χ3v) is 2.66. The van der Waals surface area contributed by atoms with Crippen LogP contribution in [0.1, 0.15) is 45.4 Å². The minimum Gasteiger partial charge on any atom is -0.481 e. The topological polar surface area (TPSA) is 101 Å². The van der Waals surface area contributed by atoms with E-state index in [1.807, 2.05) is 6.92 Å². The monoisotopic (exact) mass is 231 g/mol. The van der Waals surface area contributed by atoms with E-state index in [1.165, 1.54) is 0 Å². The van der Waals surface area contributed by atoms with Gasteiger partial charge in [-0.15, -0.1) is 0 Å². The fraction of sp³-hybridized carbons (Fsp3) is 0.818. The molecule has 0 amide bonds. The van der Waals surface area contributed by atoms with E-state index in [2.05, 4.69) is 0 Å². The molecule has 0 saturated carbocycles. The SMILES string of the molecule is CC(CC(=O)O)C(N)CCCCCC(=O)O. The Balaban J connectivity index is 3.52. The van der Waals surface area contributed by atoms with Crippen LogP contribution < -0.4 is 5.73 Å². The second kappa shape index (κ2) is 8.10. The largest absolute Gasteiger partial charge is 0.481 e. The van der Waals surface area contributed by atoms with Crippen molar-refractivity contribution in [2.45, 2.75) is 51.5 Å². The lowest BCUT2D eigenvalue weighted by molar-refractivity contribution is -0.138. The second-order valence-electron chi connectivity index (χ2n) is 4.23. The number of carboxylic acid groups (broad SMARTS) is 2. The van der Waals surface area contributed by atoms with E-state index in [0.717, 1.165) is 19.3 Å². The molecule has 0 saturated heterocycles. The van der Waals surface area contributed by atoms with Gasteiger partial charge in [-0.2, -0.15) is 0 Å². The summed E-state index contributed by atoms with van der Waals surface area (Å²) in [5.74, 6) is -1.63. The number of rotatable bonds is 9. The molecular weight excluding hydrogens is 210 g/mol. The Morgan fingerprint density at radius 2 is 1.75 bits per heavy atom. The van der Waals surface area contributed by atoms with Crippen molar-refractivity contribution in [3.05, 3.63) is 0 Å². The smallest absolute Gasteiger partial charge is 0.303 e. The van der Waals surface area contributed by atoms with Crippen LogP contribution in [0.5, 0.6) is 0 Å². The predicted molar refractivity (Wildman–Crippen MR) is 60.1 cm³/mol.